The highest BCUT2D eigenvalue weighted by molar-refractivity contribution is 7.89. The molecule has 1 aromatic carbocycles. The number of carbonyl (C=O) groups is 1. The van der Waals surface area contributed by atoms with Gasteiger partial charge >= 0.3 is 5.97 Å². The Morgan fingerprint density at radius 2 is 2.00 bits per heavy atom. The zero-order valence-corrected chi connectivity index (χ0v) is 11.4. The number of ether oxygens (including phenoxy) is 1. The Morgan fingerprint density at radius 1 is 1.35 bits per heavy atom. The zero-order chi connectivity index (χ0) is 15.0. The van der Waals surface area contributed by atoms with Crippen molar-refractivity contribution in [2.75, 3.05) is 19.8 Å². The van der Waals surface area contributed by atoms with Crippen LogP contribution in [0.3, 0.4) is 0 Å². The van der Waals surface area contributed by atoms with E-state index in [2.05, 4.69) is 4.72 Å². The number of carboxylic acids is 1. The molecule has 7 nitrogen and oxygen atoms in total. The maximum Gasteiger partial charge on any atom is 0.329 e. The first kappa shape index (κ1) is 16.1. The quantitative estimate of drug-likeness (QED) is 0.659. The van der Waals surface area contributed by atoms with E-state index in [9.17, 15) is 13.2 Å². The average Bonchev–Trinajstić information content (AvgIpc) is 2.39. The Hall–Kier alpha value is -1.95. The molecule has 0 heterocycles. The van der Waals surface area contributed by atoms with Crippen molar-refractivity contribution in [3.63, 3.8) is 0 Å². The summed E-state index contributed by atoms with van der Waals surface area (Å²) in [6, 6.07) is 7.93. The number of carboxylic acid groups (broad SMARTS) is 1. The van der Waals surface area contributed by atoms with E-state index in [0.29, 0.717) is 0 Å². The Morgan fingerprint density at radius 3 is 2.55 bits per heavy atom. The molecule has 2 N–H and O–H groups in total. The molecule has 0 aliphatic heterocycles. The van der Waals surface area contributed by atoms with Crippen molar-refractivity contribution in [1.82, 2.24) is 4.72 Å². The number of benzene rings is 1. The number of hydrogen-bond acceptors (Lipinski definition) is 5. The van der Waals surface area contributed by atoms with Crippen LogP contribution in [-0.2, 0) is 26.0 Å². The molecule has 0 amide bonds. The lowest BCUT2D eigenvalue weighted by molar-refractivity contribution is -0.142. The van der Waals surface area contributed by atoms with Gasteiger partial charge in [-0.15, -0.1) is 0 Å². The van der Waals surface area contributed by atoms with Gasteiger partial charge in [-0.1, -0.05) is 12.1 Å². The van der Waals surface area contributed by atoms with Crippen molar-refractivity contribution in [2.24, 2.45) is 0 Å². The van der Waals surface area contributed by atoms with Crippen LogP contribution in [0.4, 0.5) is 0 Å². The third kappa shape index (κ3) is 5.36. The summed E-state index contributed by atoms with van der Waals surface area (Å²) in [6.45, 7) is -0.516. The number of nitrogens with one attached hydrogen (secondary N) is 1. The van der Waals surface area contributed by atoms with Crippen molar-refractivity contribution >= 4 is 16.0 Å². The minimum Gasteiger partial charge on any atom is -0.480 e. The summed E-state index contributed by atoms with van der Waals surface area (Å²) >= 11 is 0. The summed E-state index contributed by atoms with van der Waals surface area (Å²) in [5.41, 5.74) is 0.733. The van der Waals surface area contributed by atoms with Crippen LogP contribution in [0.25, 0.3) is 0 Å². The number of nitriles is 1. The smallest absolute Gasteiger partial charge is 0.329 e. The van der Waals surface area contributed by atoms with E-state index >= 15 is 0 Å². The number of hydrogen-bond donors (Lipinski definition) is 2. The summed E-state index contributed by atoms with van der Waals surface area (Å²) in [7, 11) is -3.65. The van der Waals surface area contributed by atoms with E-state index in [1.54, 1.807) is 12.1 Å². The van der Waals surface area contributed by atoms with Gasteiger partial charge in [0, 0.05) is 6.54 Å². The number of rotatable bonds is 8. The van der Waals surface area contributed by atoms with E-state index in [0.717, 1.165) is 5.56 Å². The minimum atomic E-state index is -3.65. The Balaban J connectivity index is 2.52. The van der Waals surface area contributed by atoms with Crippen LogP contribution in [0.1, 0.15) is 5.56 Å². The van der Waals surface area contributed by atoms with Gasteiger partial charge in [-0.2, -0.15) is 5.26 Å². The van der Waals surface area contributed by atoms with Crippen molar-refractivity contribution in [3.8, 4) is 6.07 Å². The number of nitrogens with zero attached hydrogens (tertiary/aromatic N) is 1. The molecule has 8 heteroatoms. The fourth-order valence-electron chi connectivity index (χ4n) is 1.37. The second-order valence-electron chi connectivity index (χ2n) is 3.82. The maximum atomic E-state index is 11.9. The highest BCUT2D eigenvalue weighted by atomic mass is 32.2. The van der Waals surface area contributed by atoms with Crippen molar-refractivity contribution in [2.45, 2.75) is 11.3 Å². The van der Waals surface area contributed by atoms with Gasteiger partial charge in [0.25, 0.3) is 0 Å². The molecule has 1 aromatic rings. The van der Waals surface area contributed by atoms with Gasteiger partial charge < -0.3 is 9.84 Å². The van der Waals surface area contributed by atoms with Gasteiger partial charge in [0.05, 0.1) is 24.0 Å². The standard InChI is InChI=1S/C12H14N2O5S/c13-6-5-10-1-3-11(4-2-10)20(17,18)14-7-8-19-9-12(15)16/h1-4,14H,5,7-9H2,(H,15,16). The van der Waals surface area contributed by atoms with Gasteiger partial charge in [0.1, 0.15) is 6.61 Å². The predicted octanol–water partition coefficient (Wildman–Crippen LogP) is 0.132. The monoisotopic (exact) mass is 298 g/mol. The summed E-state index contributed by atoms with van der Waals surface area (Å²) < 4.78 is 30.7. The minimum absolute atomic E-state index is 0.0183. The molecule has 0 atom stereocenters. The Kier molecular flexibility index (Phi) is 6.11. The van der Waals surface area contributed by atoms with Crippen molar-refractivity contribution in [1.29, 1.82) is 5.26 Å². The zero-order valence-electron chi connectivity index (χ0n) is 10.6. The molecule has 0 saturated carbocycles. The topological polar surface area (TPSA) is 116 Å². The molecule has 0 unspecified atom stereocenters. The normalized spacial score (nSPS) is 10.9. The van der Waals surface area contributed by atoms with Crippen LogP contribution in [-0.4, -0.2) is 39.3 Å². The molecule has 0 aliphatic carbocycles. The summed E-state index contributed by atoms with van der Waals surface area (Å²) in [5, 5.41) is 16.9. The lowest BCUT2D eigenvalue weighted by atomic mass is 10.2. The van der Waals surface area contributed by atoms with Gasteiger partial charge in [-0.3, -0.25) is 0 Å². The molecular formula is C12H14N2O5S. The van der Waals surface area contributed by atoms with Gasteiger partial charge in [0.15, 0.2) is 0 Å². The molecule has 20 heavy (non-hydrogen) atoms. The first-order valence-corrected chi connectivity index (χ1v) is 7.19. The van der Waals surface area contributed by atoms with Gasteiger partial charge in [-0.05, 0) is 17.7 Å². The van der Waals surface area contributed by atoms with Crippen LogP contribution >= 0.6 is 0 Å². The highest BCUT2D eigenvalue weighted by Gasteiger charge is 2.13. The lowest BCUT2D eigenvalue weighted by Crippen LogP contribution is -2.28. The van der Waals surface area contributed by atoms with Crippen LogP contribution in [0.15, 0.2) is 29.2 Å². The largest absolute Gasteiger partial charge is 0.480 e. The van der Waals surface area contributed by atoms with Gasteiger partial charge in [0.2, 0.25) is 10.0 Å². The molecule has 108 valence electrons. The molecule has 0 spiro atoms. The third-order valence-electron chi connectivity index (χ3n) is 2.28. The molecule has 0 radical (unpaired) electrons. The van der Waals surface area contributed by atoms with E-state index in [1.807, 2.05) is 6.07 Å². The number of aliphatic carboxylic acids is 1. The molecule has 0 fully saturated rings. The summed E-state index contributed by atoms with van der Waals surface area (Å²) in [6.07, 6.45) is 0.219. The molecule has 0 bridgehead atoms. The first-order valence-electron chi connectivity index (χ1n) is 5.71. The fourth-order valence-corrected chi connectivity index (χ4v) is 2.38. The van der Waals surface area contributed by atoms with E-state index in [1.165, 1.54) is 12.1 Å². The second-order valence-corrected chi connectivity index (χ2v) is 5.59. The highest BCUT2D eigenvalue weighted by Crippen LogP contribution is 2.10. The molecule has 0 saturated heterocycles. The van der Waals surface area contributed by atoms with Crippen LogP contribution in [0.2, 0.25) is 0 Å². The van der Waals surface area contributed by atoms with Crippen LogP contribution in [0.5, 0.6) is 0 Å². The van der Waals surface area contributed by atoms with Crippen molar-refractivity contribution in [3.05, 3.63) is 29.8 Å². The Labute approximate surface area is 116 Å². The molecular weight excluding hydrogens is 284 g/mol. The summed E-state index contributed by atoms with van der Waals surface area (Å²) in [5.74, 6) is -1.11. The van der Waals surface area contributed by atoms with E-state index in [4.69, 9.17) is 15.1 Å². The summed E-state index contributed by atoms with van der Waals surface area (Å²) in [4.78, 5) is 10.3. The average molecular weight is 298 g/mol. The van der Waals surface area contributed by atoms with E-state index < -0.39 is 22.6 Å². The van der Waals surface area contributed by atoms with Crippen molar-refractivity contribution < 1.29 is 23.1 Å². The van der Waals surface area contributed by atoms with E-state index in [-0.39, 0.29) is 24.5 Å². The van der Waals surface area contributed by atoms with Crippen LogP contribution in [0, 0.1) is 11.3 Å². The first-order chi connectivity index (χ1) is 9.45. The molecule has 0 aliphatic rings. The number of sulfonamides is 1. The fraction of sp³-hybridized carbons (Fsp3) is 0.333. The van der Waals surface area contributed by atoms with Crippen LogP contribution < -0.4 is 4.72 Å². The Bertz CT molecular complexity index is 589. The molecule has 1 rings (SSSR count). The SMILES string of the molecule is N#CCc1ccc(S(=O)(=O)NCCOCC(=O)O)cc1. The van der Waals surface area contributed by atoms with Gasteiger partial charge in [-0.25, -0.2) is 17.9 Å². The molecule has 0 aromatic heterocycles. The predicted molar refractivity (Wildman–Crippen MR) is 69.4 cm³/mol. The second kappa shape index (κ2) is 7.59. The lowest BCUT2D eigenvalue weighted by Gasteiger charge is -2.07. The third-order valence-corrected chi connectivity index (χ3v) is 3.76. The maximum absolute atomic E-state index is 11.9.